The second-order valence-electron chi connectivity index (χ2n) is 5.33. The molecule has 120 valence electrons. The van der Waals surface area contributed by atoms with E-state index in [0.29, 0.717) is 11.0 Å². The van der Waals surface area contributed by atoms with E-state index in [0.717, 1.165) is 29.0 Å². The Morgan fingerprint density at radius 3 is 2.41 bits per heavy atom. The smallest absolute Gasteiger partial charge is 0.406 e. The zero-order valence-electron chi connectivity index (χ0n) is 12.3. The zero-order chi connectivity index (χ0) is 16.3. The second kappa shape index (κ2) is 6.56. The van der Waals surface area contributed by atoms with Gasteiger partial charge in [-0.1, -0.05) is 25.2 Å². The Kier molecular flexibility index (Phi) is 4.95. The van der Waals surface area contributed by atoms with E-state index in [4.69, 9.17) is 5.73 Å². The van der Waals surface area contributed by atoms with Crippen LogP contribution < -0.4 is 10.5 Å². The molecule has 0 atom stereocenters. The first-order valence-corrected chi connectivity index (χ1v) is 7.67. The van der Waals surface area contributed by atoms with Crippen LogP contribution in [0.2, 0.25) is 0 Å². The number of halogens is 3. The number of hydrogen-bond donors (Lipinski definition) is 1. The van der Waals surface area contributed by atoms with Gasteiger partial charge in [0.1, 0.15) is 5.75 Å². The zero-order valence-corrected chi connectivity index (χ0v) is 13.1. The lowest BCUT2D eigenvalue weighted by atomic mass is 10.0. The molecule has 2 rings (SSSR count). The minimum absolute atomic E-state index is 0.238. The van der Waals surface area contributed by atoms with Crippen LogP contribution in [0.4, 0.5) is 18.3 Å². The Morgan fingerprint density at radius 1 is 1.23 bits per heavy atom. The molecule has 0 radical (unpaired) electrons. The van der Waals surface area contributed by atoms with Crippen LogP contribution in [-0.2, 0) is 6.42 Å². The molecule has 1 aromatic heterocycles. The molecular formula is C15H17F3N2OS. The number of nitrogens with zero attached hydrogens (tertiary/aromatic N) is 1. The number of aryl methyl sites for hydroxylation is 1. The average molecular weight is 330 g/mol. The Morgan fingerprint density at radius 2 is 1.86 bits per heavy atom. The quantitative estimate of drug-likeness (QED) is 0.850. The van der Waals surface area contributed by atoms with E-state index in [2.05, 4.69) is 23.6 Å². The molecule has 7 heteroatoms. The minimum atomic E-state index is -4.68. The van der Waals surface area contributed by atoms with Crippen molar-refractivity contribution in [2.75, 3.05) is 5.73 Å². The molecule has 0 unspecified atom stereocenters. The van der Waals surface area contributed by atoms with Crippen LogP contribution in [0.5, 0.6) is 5.75 Å². The molecule has 3 nitrogen and oxygen atoms in total. The summed E-state index contributed by atoms with van der Waals surface area (Å²) < 4.78 is 40.4. The van der Waals surface area contributed by atoms with Crippen molar-refractivity contribution in [3.8, 4) is 16.2 Å². The highest BCUT2D eigenvalue weighted by Crippen LogP contribution is 2.34. The molecule has 2 N–H and O–H groups in total. The van der Waals surface area contributed by atoms with Crippen molar-refractivity contribution in [3.05, 3.63) is 30.0 Å². The molecule has 1 aromatic carbocycles. The second-order valence-corrected chi connectivity index (χ2v) is 6.36. The summed E-state index contributed by atoms with van der Waals surface area (Å²) in [7, 11) is 0. The van der Waals surface area contributed by atoms with Gasteiger partial charge in [0.15, 0.2) is 5.13 Å². The fourth-order valence-electron chi connectivity index (χ4n) is 2.00. The van der Waals surface area contributed by atoms with Crippen LogP contribution >= 0.6 is 11.3 Å². The monoisotopic (exact) mass is 330 g/mol. The maximum atomic E-state index is 12.2. The maximum Gasteiger partial charge on any atom is 0.573 e. The third kappa shape index (κ3) is 4.62. The number of hydrogen-bond acceptors (Lipinski definition) is 4. The number of ether oxygens (including phenoxy) is 1. The normalized spacial score (nSPS) is 11.9. The lowest BCUT2D eigenvalue weighted by Crippen LogP contribution is -2.16. The molecule has 1 heterocycles. The van der Waals surface area contributed by atoms with Gasteiger partial charge in [-0.25, -0.2) is 4.98 Å². The van der Waals surface area contributed by atoms with E-state index in [1.54, 1.807) is 12.1 Å². The highest BCUT2D eigenvalue weighted by atomic mass is 32.1. The van der Waals surface area contributed by atoms with E-state index in [-0.39, 0.29) is 5.75 Å². The van der Waals surface area contributed by atoms with Crippen molar-refractivity contribution in [2.24, 2.45) is 5.92 Å². The van der Waals surface area contributed by atoms with E-state index < -0.39 is 6.36 Å². The lowest BCUT2D eigenvalue weighted by Gasteiger charge is -2.09. The Hall–Kier alpha value is -1.76. The molecule has 0 saturated carbocycles. The summed E-state index contributed by atoms with van der Waals surface area (Å²) in [5, 5.41) is 0.462. The molecule has 0 aliphatic carbocycles. The van der Waals surface area contributed by atoms with Crippen molar-refractivity contribution >= 4 is 16.5 Å². The summed E-state index contributed by atoms with van der Waals surface area (Å²) in [5.41, 5.74) is 7.45. The third-order valence-corrected chi connectivity index (χ3v) is 4.00. The lowest BCUT2D eigenvalue weighted by molar-refractivity contribution is -0.274. The summed E-state index contributed by atoms with van der Waals surface area (Å²) >= 11 is 1.34. The van der Waals surface area contributed by atoms with Crippen LogP contribution in [0.3, 0.4) is 0 Å². The highest BCUT2D eigenvalue weighted by Gasteiger charge is 2.31. The van der Waals surface area contributed by atoms with Gasteiger partial charge in [0.2, 0.25) is 0 Å². The molecule has 0 bridgehead atoms. The molecule has 0 amide bonds. The Labute approximate surface area is 130 Å². The van der Waals surface area contributed by atoms with Crippen LogP contribution in [0.25, 0.3) is 10.4 Å². The van der Waals surface area contributed by atoms with Crippen LogP contribution in [0, 0.1) is 5.92 Å². The molecule has 0 aliphatic rings. The van der Waals surface area contributed by atoms with Gasteiger partial charge >= 0.3 is 6.36 Å². The van der Waals surface area contributed by atoms with Gasteiger partial charge in [0.05, 0.1) is 10.6 Å². The SMILES string of the molecule is CC(C)CCc1nc(N)sc1-c1ccc(OC(F)(F)F)cc1. The molecular weight excluding hydrogens is 313 g/mol. The van der Waals surface area contributed by atoms with Crippen LogP contribution in [0.15, 0.2) is 24.3 Å². The molecule has 0 fully saturated rings. The number of rotatable bonds is 5. The number of anilines is 1. The van der Waals surface area contributed by atoms with Crippen molar-refractivity contribution in [3.63, 3.8) is 0 Å². The molecule has 0 saturated heterocycles. The topological polar surface area (TPSA) is 48.1 Å². The maximum absolute atomic E-state index is 12.2. The summed E-state index contributed by atoms with van der Waals surface area (Å²) in [6, 6.07) is 5.77. The summed E-state index contributed by atoms with van der Waals surface area (Å²) in [6.45, 7) is 4.25. The Bertz CT molecular complexity index is 621. The molecule has 2 aromatic rings. The first-order chi connectivity index (χ1) is 10.2. The number of alkyl halides is 3. The number of nitrogens with two attached hydrogens (primary N) is 1. The van der Waals surface area contributed by atoms with Gasteiger partial charge in [-0.2, -0.15) is 0 Å². The third-order valence-electron chi connectivity index (χ3n) is 3.02. The fourth-order valence-corrected chi connectivity index (χ4v) is 2.88. The molecule has 0 aliphatic heterocycles. The van der Waals surface area contributed by atoms with Crippen LogP contribution in [0.1, 0.15) is 26.0 Å². The number of aromatic nitrogens is 1. The molecule has 22 heavy (non-hydrogen) atoms. The van der Waals surface area contributed by atoms with Gasteiger partial charge in [-0.05, 0) is 48.6 Å². The minimum Gasteiger partial charge on any atom is -0.406 e. The summed E-state index contributed by atoms with van der Waals surface area (Å²) in [4.78, 5) is 5.23. The largest absolute Gasteiger partial charge is 0.573 e. The van der Waals surface area contributed by atoms with Gasteiger partial charge in [-0.3, -0.25) is 0 Å². The highest BCUT2D eigenvalue weighted by molar-refractivity contribution is 7.18. The van der Waals surface area contributed by atoms with Gasteiger partial charge in [0.25, 0.3) is 0 Å². The Balaban J connectivity index is 2.21. The summed E-state index contributed by atoms with van der Waals surface area (Å²) in [5.74, 6) is 0.302. The summed E-state index contributed by atoms with van der Waals surface area (Å²) in [6.07, 6.45) is -2.91. The van der Waals surface area contributed by atoms with Gasteiger partial charge in [-0.15, -0.1) is 13.2 Å². The average Bonchev–Trinajstić information content (AvgIpc) is 2.76. The van der Waals surface area contributed by atoms with Crippen LogP contribution in [-0.4, -0.2) is 11.3 Å². The van der Waals surface area contributed by atoms with E-state index in [9.17, 15) is 13.2 Å². The van der Waals surface area contributed by atoms with Gasteiger partial charge < -0.3 is 10.5 Å². The fraction of sp³-hybridized carbons (Fsp3) is 0.400. The molecule has 0 spiro atoms. The number of thiazole rings is 1. The van der Waals surface area contributed by atoms with Crippen molar-refractivity contribution in [2.45, 2.75) is 33.1 Å². The predicted molar refractivity (Wildman–Crippen MR) is 81.8 cm³/mol. The standard InChI is InChI=1S/C15H17F3N2OS/c1-9(2)3-8-12-13(22-14(19)20-12)10-4-6-11(7-5-10)21-15(16,17)18/h4-7,9H,3,8H2,1-2H3,(H2,19,20). The first-order valence-electron chi connectivity index (χ1n) is 6.86. The number of nitrogen functional groups attached to an aromatic ring is 1. The number of benzene rings is 1. The first kappa shape index (κ1) is 16.6. The van der Waals surface area contributed by atoms with E-state index >= 15 is 0 Å². The van der Waals surface area contributed by atoms with Crippen molar-refractivity contribution in [1.29, 1.82) is 0 Å². The van der Waals surface area contributed by atoms with E-state index in [1.807, 2.05) is 0 Å². The van der Waals surface area contributed by atoms with Gasteiger partial charge in [0, 0.05) is 0 Å². The van der Waals surface area contributed by atoms with Crippen molar-refractivity contribution < 1.29 is 17.9 Å². The van der Waals surface area contributed by atoms with E-state index in [1.165, 1.54) is 23.5 Å². The predicted octanol–water partition coefficient (Wildman–Crippen LogP) is 4.88. The van der Waals surface area contributed by atoms with Crippen molar-refractivity contribution in [1.82, 2.24) is 4.98 Å².